The lowest BCUT2D eigenvalue weighted by Crippen LogP contribution is -2.52. The molecule has 2 bridgehead atoms. The van der Waals surface area contributed by atoms with E-state index in [-0.39, 0.29) is 5.54 Å². The summed E-state index contributed by atoms with van der Waals surface area (Å²) in [4.78, 5) is 16.2. The highest BCUT2D eigenvalue weighted by Gasteiger charge is 2.49. The lowest BCUT2D eigenvalue weighted by molar-refractivity contribution is 0.111. The van der Waals surface area contributed by atoms with Gasteiger partial charge in [-0.1, -0.05) is 35.9 Å². The molecule has 7 nitrogen and oxygen atoms in total. The molecule has 4 saturated heterocycles. The van der Waals surface area contributed by atoms with Crippen LogP contribution >= 0.6 is 11.6 Å². The van der Waals surface area contributed by atoms with Crippen LogP contribution < -0.4 is 19.9 Å². The van der Waals surface area contributed by atoms with Gasteiger partial charge in [-0.25, -0.2) is 14.2 Å². The SMILES string of the molecule is [C-]#[N+]c1c(OCC23CCCN2C[C@H](F)C3)nc(N2CC3CCC(C2)N3)c2c1CN(c1cccc3cccc(Cl)c13)CC2. The van der Waals surface area contributed by atoms with Crippen molar-refractivity contribution in [1.29, 1.82) is 0 Å². The normalized spacial score (nSPS) is 28.6. The maximum absolute atomic E-state index is 14.5. The van der Waals surface area contributed by atoms with Crippen molar-refractivity contribution in [3.05, 3.63) is 64.0 Å². The quantitative estimate of drug-likeness (QED) is 0.376. The molecule has 0 spiro atoms. The van der Waals surface area contributed by atoms with Crippen LogP contribution in [0.3, 0.4) is 0 Å². The number of benzene rings is 2. The predicted molar refractivity (Wildman–Crippen MR) is 165 cm³/mol. The molecule has 0 aliphatic carbocycles. The fraction of sp³-hybridized carbons (Fsp3) is 0.515. The molecule has 3 aromatic rings. The number of pyridine rings is 1. The van der Waals surface area contributed by atoms with E-state index < -0.39 is 6.17 Å². The second-order valence-electron chi connectivity index (χ2n) is 12.9. The van der Waals surface area contributed by atoms with E-state index in [0.717, 1.165) is 78.3 Å². The van der Waals surface area contributed by atoms with E-state index in [2.05, 4.69) is 49.1 Å². The number of anilines is 2. The molecule has 3 unspecified atom stereocenters. The average Bonchev–Trinajstić information content (AvgIpc) is 3.65. The Balaban J connectivity index is 1.20. The van der Waals surface area contributed by atoms with Crippen LogP contribution in [0.2, 0.25) is 5.02 Å². The lowest BCUT2D eigenvalue weighted by atomic mass is 9.94. The van der Waals surface area contributed by atoms with Gasteiger partial charge in [-0.2, -0.15) is 0 Å². The van der Waals surface area contributed by atoms with E-state index in [1.807, 2.05) is 12.1 Å². The van der Waals surface area contributed by atoms with Gasteiger partial charge in [0.2, 0.25) is 5.88 Å². The van der Waals surface area contributed by atoms with Crippen molar-refractivity contribution in [3.63, 3.8) is 0 Å². The zero-order valence-electron chi connectivity index (χ0n) is 23.8. The summed E-state index contributed by atoms with van der Waals surface area (Å²) in [6, 6.07) is 13.3. The van der Waals surface area contributed by atoms with Crippen molar-refractivity contribution >= 4 is 39.6 Å². The Morgan fingerprint density at radius 2 is 1.88 bits per heavy atom. The molecule has 0 amide bonds. The molecule has 218 valence electrons. The van der Waals surface area contributed by atoms with Gasteiger partial charge in [-0.15, -0.1) is 0 Å². The van der Waals surface area contributed by atoms with Gasteiger partial charge in [0.05, 0.1) is 17.1 Å². The predicted octanol–water partition coefficient (Wildman–Crippen LogP) is 5.90. The number of nitrogens with one attached hydrogen (secondary N) is 1. The van der Waals surface area contributed by atoms with Crippen molar-refractivity contribution in [1.82, 2.24) is 15.2 Å². The molecule has 2 aromatic carbocycles. The molecule has 8 rings (SSSR count). The maximum Gasteiger partial charge on any atom is 0.252 e. The van der Waals surface area contributed by atoms with Gasteiger partial charge in [0.15, 0.2) is 0 Å². The second kappa shape index (κ2) is 10.3. The molecule has 0 saturated carbocycles. The van der Waals surface area contributed by atoms with Crippen molar-refractivity contribution in [2.45, 2.75) is 68.9 Å². The number of ether oxygens (including phenoxy) is 1. The smallest absolute Gasteiger partial charge is 0.252 e. The van der Waals surface area contributed by atoms with Crippen molar-refractivity contribution < 1.29 is 9.13 Å². The average molecular weight is 587 g/mol. The molecule has 5 aliphatic rings. The monoisotopic (exact) mass is 586 g/mol. The van der Waals surface area contributed by atoms with Gasteiger partial charge in [0.25, 0.3) is 5.69 Å². The first-order valence-corrected chi connectivity index (χ1v) is 15.8. The largest absolute Gasteiger partial charge is 0.484 e. The third-order valence-corrected chi connectivity index (χ3v) is 10.7. The number of nitrogens with zero attached hydrogens (tertiary/aromatic N) is 5. The molecular formula is C33H36ClFN6O. The molecule has 5 aliphatic heterocycles. The van der Waals surface area contributed by atoms with Gasteiger partial charge in [-0.05, 0) is 67.3 Å². The summed E-state index contributed by atoms with van der Waals surface area (Å²) in [5.41, 5.74) is 3.46. The first-order chi connectivity index (χ1) is 20.5. The van der Waals surface area contributed by atoms with E-state index in [4.69, 9.17) is 27.9 Å². The van der Waals surface area contributed by atoms with Crippen LogP contribution in [0.1, 0.15) is 43.2 Å². The molecule has 1 aromatic heterocycles. The number of aromatic nitrogens is 1. The second-order valence-corrected chi connectivity index (χ2v) is 13.3. The Hall–Kier alpha value is -3.12. The topological polar surface area (TPSA) is 48.2 Å². The maximum atomic E-state index is 14.5. The van der Waals surface area contributed by atoms with Crippen molar-refractivity contribution in [2.24, 2.45) is 0 Å². The van der Waals surface area contributed by atoms with Crippen LogP contribution in [-0.2, 0) is 13.0 Å². The zero-order chi connectivity index (χ0) is 28.4. The van der Waals surface area contributed by atoms with Crippen LogP contribution in [0.25, 0.3) is 15.6 Å². The Kier molecular flexibility index (Phi) is 6.47. The van der Waals surface area contributed by atoms with E-state index in [1.165, 1.54) is 18.4 Å². The first-order valence-electron chi connectivity index (χ1n) is 15.4. The third kappa shape index (κ3) is 4.32. The minimum atomic E-state index is -0.821. The van der Waals surface area contributed by atoms with E-state index >= 15 is 0 Å². The van der Waals surface area contributed by atoms with Gasteiger partial charge in [-0.3, -0.25) is 4.90 Å². The summed E-state index contributed by atoms with van der Waals surface area (Å²) in [6.45, 7) is 13.3. The van der Waals surface area contributed by atoms with Crippen LogP contribution in [0.4, 0.5) is 21.6 Å². The molecular weight excluding hydrogens is 551 g/mol. The standard InChI is InChI=1S/C33H36ClFN6O/c1-36-30-26-19-39(28-8-3-6-21-5-2-7-27(34)29(21)28)14-11-25(26)31(40-17-23-9-10-24(18-40)37-23)38-32(30)42-20-33-12-4-13-41(33)16-22(35)15-33/h2-3,5-8,22-24,37H,4,9-20H2/t22-,23?,24?,33?/m1/s1. The van der Waals surface area contributed by atoms with Crippen molar-refractivity contribution in [2.75, 3.05) is 49.1 Å². The summed E-state index contributed by atoms with van der Waals surface area (Å²) in [6.07, 6.45) is 4.82. The van der Waals surface area contributed by atoms with Crippen LogP contribution in [0.15, 0.2) is 36.4 Å². The third-order valence-electron chi connectivity index (χ3n) is 10.3. The van der Waals surface area contributed by atoms with Gasteiger partial charge in [0.1, 0.15) is 18.6 Å². The minimum absolute atomic E-state index is 0.295. The van der Waals surface area contributed by atoms with Crippen LogP contribution in [-0.4, -0.2) is 73.0 Å². The highest BCUT2D eigenvalue weighted by Crippen LogP contribution is 2.45. The summed E-state index contributed by atoms with van der Waals surface area (Å²) in [5.74, 6) is 1.38. The number of halogens is 2. The summed E-state index contributed by atoms with van der Waals surface area (Å²) in [5, 5.41) is 6.62. The number of piperazine rings is 1. The molecule has 4 atom stereocenters. The number of hydrogen-bond donors (Lipinski definition) is 1. The fourth-order valence-corrected chi connectivity index (χ4v) is 8.70. The van der Waals surface area contributed by atoms with Gasteiger partial charge >= 0.3 is 0 Å². The molecule has 6 heterocycles. The van der Waals surface area contributed by atoms with Crippen LogP contribution in [0, 0.1) is 6.57 Å². The van der Waals surface area contributed by atoms with E-state index in [1.54, 1.807) is 0 Å². The molecule has 4 fully saturated rings. The molecule has 1 N–H and O–H groups in total. The van der Waals surface area contributed by atoms with Gasteiger partial charge in [0, 0.05) is 62.3 Å². The molecule has 0 radical (unpaired) electrons. The Labute approximate surface area is 251 Å². The number of rotatable bonds is 5. The summed E-state index contributed by atoms with van der Waals surface area (Å²) < 4.78 is 21.1. The number of hydrogen-bond acceptors (Lipinski definition) is 6. The summed E-state index contributed by atoms with van der Waals surface area (Å²) in [7, 11) is 0. The molecule has 9 heteroatoms. The Morgan fingerprint density at radius 1 is 1.07 bits per heavy atom. The van der Waals surface area contributed by atoms with Gasteiger partial charge < -0.3 is 19.9 Å². The van der Waals surface area contributed by atoms with E-state index in [0.29, 0.717) is 49.8 Å². The fourth-order valence-electron chi connectivity index (χ4n) is 8.42. The first kappa shape index (κ1) is 26.5. The zero-order valence-corrected chi connectivity index (χ0v) is 24.5. The lowest BCUT2D eigenvalue weighted by Gasteiger charge is -2.39. The Morgan fingerprint density at radius 3 is 2.69 bits per heavy atom. The van der Waals surface area contributed by atoms with E-state index in [9.17, 15) is 4.39 Å². The highest BCUT2D eigenvalue weighted by molar-refractivity contribution is 6.36. The Bertz CT molecular complexity index is 1580. The highest BCUT2D eigenvalue weighted by atomic mass is 35.5. The summed E-state index contributed by atoms with van der Waals surface area (Å²) >= 11 is 6.73. The molecule has 42 heavy (non-hydrogen) atoms. The van der Waals surface area contributed by atoms with Crippen molar-refractivity contribution in [3.8, 4) is 5.88 Å². The number of alkyl halides is 1. The van der Waals surface area contributed by atoms with Crippen LogP contribution in [0.5, 0.6) is 5.88 Å². The number of fused-ring (bicyclic) bond motifs is 5. The minimum Gasteiger partial charge on any atom is -0.484 e.